The number of β-lactam (4-membered cyclic amide) rings is 1. The van der Waals surface area contributed by atoms with Crippen molar-refractivity contribution in [3.63, 3.8) is 0 Å². The number of nitrogen functional groups attached to an aromatic ring is 1. The van der Waals surface area contributed by atoms with Crippen LogP contribution in [0.15, 0.2) is 38.4 Å². The maximum absolute atomic E-state index is 12.9. The zero-order chi connectivity index (χ0) is 26.2. The molecular formula is C18H20N8O6S4. The summed E-state index contributed by atoms with van der Waals surface area (Å²) in [5.41, 5.74) is 6.65. The number of allylic oxidation sites excluding steroid dienone is 1. The van der Waals surface area contributed by atoms with E-state index in [-0.39, 0.29) is 35.6 Å². The Balaban J connectivity index is 1.50. The fraction of sp³-hybridized carbons (Fsp3) is 0.333. The number of anilines is 1. The molecule has 1 aromatic rings. The number of aromatic nitrogens is 1. The lowest BCUT2D eigenvalue weighted by molar-refractivity contribution is -0.146. The van der Waals surface area contributed by atoms with E-state index in [1.807, 2.05) is 0 Å². The molecule has 2 amide bonds. The number of carbonyl (C=O) groups excluding carboxylic acids is 3. The fourth-order valence-electron chi connectivity index (χ4n) is 3.65. The molecule has 3 aliphatic heterocycles. The lowest BCUT2D eigenvalue weighted by Crippen LogP contribution is -2.70. The van der Waals surface area contributed by atoms with Crippen molar-refractivity contribution < 1.29 is 28.0 Å². The van der Waals surface area contributed by atoms with Crippen LogP contribution in [0.2, 0.25) is 0 Å². The van der Waals surface area contributed by atoms with Gasteiger partial charge in [0.15, 0.2) is 10.8 Å². The van der Waals surface area contributed by atoms with Crippen LogP contribution in [0.25, 0.3) is 0 Å². The Bertz CT molecular complexity index is 1360. The third-order valence-corrected chi connectivity index (χ3v) is 7.90. The number of rotatable bonds is 6. The molecule has 14 nitrogen and oxygen atoms in total. The maximum atomic E-state index is 12.9. The number of sulfonamides is 1. The summed E-state index contributed by atoms with van der Waals surface area (Å²) in [6.07, 6.45) is 2.74. The average molecular weight is 573 g/mol. The van der Waals surface area contributed by atoms with E-state index in [4.69, 9.17) is 5.73 Å². The zero-order valence-corrected chi connectivity index (χ0v) is 21.8. The Morgan fingerprint density at radius 2 is 2.19 bits per heavy atom. The van der Waals surface area contributed by atoms with Crippen LogP contribution in [0.1, 0.15) is 5.69 Å². The highest BCUT2D eigenvalue weighted by atomic mass is 32.2. The SMILES string of the molecule is CS(=O)(=O)NC1=NCC(=CC2=C(C(=O)S)N3C(=O)C(NC(=O)/C(=N\O)c4csc(N)n4)[C@H]3SC2)CN1. The van der Waals surface area contributed by atoms with Crippen LogP contribution in [0.5, 0.6) is 0 Å². The normalized spacial score (nSPS) is 23.4. The molecule has 1 fully saturated rings. The van der Waals surface area contributed by atoms with Crippen molar-refractivity contribution in [1.82, 2.24) is 25.2 Å². The van der Waals surface area contributed by atoms with Crippen LogP contribution in [0.4, 0.5) is 5.13 Å². The van der Waals surface area contributed by atoms with Crippen LogP contribution in [-0.4, -0.2) is 88.6 Å². The van der Waals surface area contributed by atoms with Crippen LogP contribution in [-0.2, 0) is 24.4 Å². The molecule has 36 heavy (non-hydrogen) atoms. The van der Waals surface area contributed by atoms with Gasteiger partial charge >= 0.3 is 0 Å². The van der Waals surface area contributed by atoms with E-state index in [0.717, 1.165) is 23.2 Å². The number of amides is 2. The molecule has 1 aromatic heterocycles. The standard InChI is InChI=1S/C18H20N8O6S4/c1-36(31,32)25-18-20-3-7(4-21-18)2-8-5-34-15-11(14(28)26(15)12(8)16(29)33)23-13(27)10(24-30)9-6-35-17(19)22-9/h2,6,11,15,30H,3-5H2,1H3,(H2,19,22)(H,23,27)(H,29,33)(H2,20,21,25)/b24-10-/t11?,15-/m1/s1. The number of thioether (sulfide) groups is 1. The molecule has 4 heterocycles. The predicted molar refractivity (Wildman–Crippen MR) is 137 cm³/mol. The third-order valence-electron chi connectivity index (χ3n) is 5.15. The summed E-state index contributed by atoms with van der Waals surface area (Å²) in [6, 6.07) is -0.960. The van der Waals surface area contributed by atoms with E-state index in [0.29, 0.717) is 11.3 Å². The molecule has 4 rings (SSSR count). The first-order valence-corrected chi connectivity index (χ1v) is 14.4. The molecule has 192 valence electrons. The predicted octanol–water partition coefficient (Wildman–Crippen LogP) is -1.55. The largest absolute Gasteiger partial charge is 0.410 e. The first kappa shape index (κ1) is 26.0. The molecule has 6 N–H and O–H groups in total. The van der Waals surface area contributed by atoms with Gasteiger partial charge < -0.3 is 21.6 Å². The van der Waals surface area contributed by atoms with Crippen LogP contribution in [0.3, 0.4) is 0 Å². The molecule has 0 spiro atoms. The highest BCUT2D eigenvalue weighted by Gasteiger charge is 2.53. The smallest absolute Gasteiger partial charge is 0.276 e. The van der Waals surface area contributed by atoms with Crippen molar-refractivity contribution in [3.05, 3.63) is 34.0 Å². The molecule has 0 bridgehead atoms. The number of hydrogen-bond acceptors (Lipinski definition) is 13. The van der Waals surface area contributed by atoms with Crippen molar-refractivity contribution >= 4 is 79.5 Å². The average Bonchev–Trinajstić information content (AvgIpc) is 3.23. The Labute approximate surface area is 218 Å². The second-order valence-electron chi connectivity index (χ2n) is 7.75. The maximum Gasteiger partial charge on any atom is 0.276 e. The number of hydrogen-bond donors (Lipinski definition) is 6. The van der Waals surface area contributed by atoms with Gasteiger partial charge in [-0.15, -0.1) is 23.1 Å². The number of carbonyl (C=O) groups is 3. The number of thiol groups is 1. The third kappa shape index (κ3) is 5.35. The Morgan fingerprint density at radius 3 is 2.75 bits per heavy atom. The lowest BCUT2D eigenvalue weighted by atomic mass is 10.0. The number of nitrogens with two attached hydrogens (primary N) is 1. The van der Waals surface area contributed by atoms with Crippen molar-refractivity contribution in [3.8, 4) is 0 Å². The van der Waals surface area contributed by atoms with E-state index in [2.05, 4.69) is 43.1 Å². The molecule has 0 aliphatic carbocycles. The van der Waals surface area contributed by atoms with Gasteiger partial charge in [0, 0.05) is 17.7 Å². The van der Waals surface area contributed by atoms with Crippen molar-refractivity contribution in [2.45, 2.75) is 11.4 Å². The second kappa shape index (κ2) is 10.1. The monoisotopic (exact) mass is 572 g/mol. The topological polar surface area (TPSA) is 209 Å². The molecule has 1 unspecified atom stereocenters. The van der Waals surface area contributed by atoms with Crippen molar-refractivity contribution in [1.29, 1.82) is 0 Å². The van der Waals surface area contributed by atoms with Gasteiger partial charge in [-0.05, 0) is 11.1 Å². The summed E-state index contributed by atoms with van der Waals surface area (Å²) >= 11 is 6.33. The van der Waals surface area contributed by atoms with Gasteiger partial charge in [-0.25, -0.2) is 18.4 Å². The van der Waals surface area contributed by atoms with Crippen LogP contribution in [0, 0.1) is 0 Å². The summed E-state index contributed by atoms with van der Waals surface area (Å²) in [5, 5.41) is 18.1. The van der Waals surface area contributed by atoms with Gasteiger partial charge in [0.25, 0.3) is 11.8 Å². The van der Waals surface area contributed by atoms with Crippen molar-refractivity contribution in [2.75, 3.05) is 30.8 Å². The van der Waals surface area contributed by atoms with E-state index in [1.165, 1.54) is 22.0 Å². The summed E-state index contributed by atoms with van der Waals surface area (Å²) in [7, 11) is -3.47. The van der Waals surface area contributed by atoms with Crippen molar-refractivity contribution in [2.24, 2.45) is 10.1 Å². The molecule has 0 aromatic carbocycles. The number of fused-ring (bicyclic) bond motifs is 1. The highest BCUT2D eigenvalue weighted by molar-refractivity contribution is 8.00. The van der Waals surface area contributed by atoms with Crippen LogP contribution < -0.4 is 21.1 Å². The Morgan fingerprint density at radius 1 is 1.44 bits per heavy atom. The summed E-state index contributed by atoms with van der Waals surface area (Å²) < 4.78 is 25.0. The molecular weight excluding hydrogens is 553 g/mol. The van der Waals surface area contributed by atoms with E-state index in [1.54, 1.807) is 6.08 Å². The van der Waals surface area contributed by atoms with E-state index < -0.39 is 44.1 Å². The number of aliphatic imine (C=N–C) groups is 1. The molecule has 18 heteroatoms. The van der Waals surface area contributed by atoms with Gasteiger partial charge in [-0.3, -0.25) is 24.0 Å². The van der Waals surface area contributed by atoms with Gasteiger partial charge in [-0.2, -0.15) is 0 Å². The van der Waals surface area contributed by atoms with Gasteiger partial charge in [0.05, 0.1) is 12.8 Å². The summed E-state index contributed by atoms with van der Waals surface area (Å²) in [4.78, 5) is 47.2. The lowest BCUT2D eigenvalue weighted by Gasteiger charge is -2.49. The van der Waals surface area contributed by atoms with Gasteiger partial charge in [0.1, 0.15) is 22.8 Å². The minimum atomic E-state index is -3.47. The number of oxime groups is 1. The quantitative estimate of drug-likeness (QED) is 0.0760. The van der Waals surface area contributed by atoms with E-state index >= 15 is 0 Å². The molecule has 1 saturated heterocycles. The number of guanidine groups is 1. The molecule has 2 atom stereocenters. The first-order valence-electron chi connectivity index (χ1n) is 10.1. The number of thiazole rings is 1. The fourth-order valence-corrected chi connectivity index (χ4v) is 6.24. The highest BCUT2D eigenvalue weighted by Crippen LogP contribution is 2.41. The van der Waals surface area contributed by atoms with Gasteiger partial charge in [0.2, 0.25) is 21.1 Å². The Kier molecular flexibility index (Phi) is 7.30. The van der Waals surface area contributed by atoms with Crippen LogP contribution >= 0.6 is 35.7 Å². The van der Waals surface area contributed by atoms with E-state index in [9.17, 15) is 28.0 Å². The van der Waals surface area contributed by atoms with Gasteiger partial charge in [-0.1, -0.05) is 23.9 Å². The Hall–Kier alpha value is -3.09. The number of nitrogens with zero attached hydrogens (tertiary/aromatic N) is 4. The molecule has 0 radical (unpaired) electrons. The summed E-state index contributed by atoms with van der Waals surface area (Å²) in [5.74, 6) is -0.881. The number of nitrogens with one attached hydrogen (secondary N) is 3. The molecule has 3 aliphatic rings. The first-order chi connectivity index (χ1) is 17.0. The zero-order valence-electron chi connectivity index (χ0n) is 18.5. The summed E-state index contributed by atoms with van der Waals surface area (Å²) in [6.45, 7) is 0.470. The second-order valence-corrected chi connectivity index (χ2v) is 11.9. The minimum absolute atomic E-state index is 0.0658. The molecule has 0 saturated carbocycles. The minimum Gasteiger partial charge on any atom is -0.410 e.